The highest BCUT2D eigenvalue weighted by molar-refractivity contribution is 6.83. The Hall–Kier alpha value is -1.08. The largest absolute Gasteiger partial charge is 0.0812 e. The highest BCUT2D eigenvalue weighted by Gasteiger charge is 2.21. The lowest BCUT2D eigenvalue weighted by Gasteiger charge is -2.15. The van der Waals surface area contributed by atoms with E-state index in [0.717, 1.165) is 12.8 Å². The Balaban J connectivity index is 2.13. The summed E-state index contributed by atoms with van der Waals surface area (Å²) in [6.45, 7) is 11.7. The summed E-state index contributed by atoms with van der Waals surface area (Å²) in [6.07, 6.45) is 7.19. The van der Waals surface area contributed by atoms with E-state index in [4.69, 9.17) is 0 Å². The Morgan fingerprint density at radius 3 is 2.39 bits per heavy atom. The molecule has 1 aromatic carbocycles. The van der Waals surface area contributed by atoms with Gasteiger partial charge < -0.3 is 0 Å². The van der Waals surface area contributed by atoms with E-state index in [1.165, 1.54) is 16.7 Å². The van der Waals surface area contributed by atoms with Gasteiger partial charge >= 0.3 is 0 Å². The molecule has 1 aliphatic rings. The van der Waals surface area contributed by atoms with Gasteiger partial charge in [-0.2, -0.15) is 0 Å². The van der Waals surface area contributed by atoms with Crippen LogP contribution in [0.2, 0.25) is 19.6 Å². The molecule has 0 saturated heterocycles. The summed E-state index contributed by atoms with van der Waals surface area (Å²) in [5, 5.41) is 1.63. The molecule has 0 saturated carbocycles. The number of aryl methyl sites for hydroxylation is 2. The minimum Gasteiger partial charge on any atom is -0.0812 e. The SMILES string of the molecule is Cc1ccc(CC2=CC([Si](C)(C)C)=CC2)c(C)c1. The number of rotatable bonds is 3. The van der Waals surface area contributed by atoms with Gasteiger partial charge in [0.1, 0.15) is 0 Å². The van der Waals surface area contributed by atoms with Gasteiger partial charge in [0, 0.05) is 0 Å². The van der Waals surface area contributed by atoms with Crippen LogP contribution in [0.15, 0.2) is 41.1 Å². The molecule has 0 heterocycles. The lowest BCUT2D eigenvalue weighted by Crippen LogP contribution is -2.21. The van der Waals surface area contributed by atoms with Crippen molar-refractivity contribution in [1.29, 1.82) is 0 Å². The van der Waals surface area contributed by atoms with Crippen LogP contribution in [0.1, 0.15) is 23.1 Å². The Kier molecular flexibility index (Phi) is 3.63. The summed E-state index contributed by atoms with van der Waals surface area (Å²) in [5.41, 5.74) is 5.85. The maximum Gasteiger partial charge on any atom is 0.0771 e. The van der Waals surface area contributed by atoms with Gasteiger partial charge in [-0.15, -0.1) is 0 Å². The second-order valence-electron chi connectivity index (χ2n) is 6.52. The van der Waals surface area contributed by atoms with Crippen LogP contribution < -0.4 is 0 Å². The van der Waals surface area contributed by atoms with Crippen molar-refractivity contribution < 1.29 is 0 Å². The van der Waals surface area contributed by atoms with Crippen molar-refractivity contribution in [3.63, 3.8) is 0 Å². The third-order valence-corrected chi connectivity index (χ3v) is 5.81. The third-order valence-electron chi connectivity index (χ3n) is 3.73. The molecule has 0 bridgehead atoms. The van der Waals surface area contributed by atoms with Gasteiger partial charge in [0.05, 0.1) is 8.07 Å². The van der Waals surface area contributed by atoms with Crippen molar-refractivity contribution >= 4 is 8.07 Å². The fourth-order valence-corrected chi connectivity index (χ4v) is 3.87. The lowest BCUT2D eigenvalue weighted by atomic mass is 9.98. The molecule has 0 aromatic heterocycles. The normalized spacial score (nSPS) is 15.6. The fraction of sp³-hybridized carbons (Fsp3) is 0.412. The van der Waals surface area contributed by atoms with Crippen LogP contribution in [0.4, 0.5) is 0 Å². The highest BCUT2D eigenvalue weighted by atomic mass is 28.3. The van der Waals surface area contributed by atoms with Crippen LogP contribution in [0, 0.1) is 13.8 Å². The average molecular weight is 256 g/mol. The standard InChI is InChI=1S/C17H24Si/c1-13-6-8-16(14(2)10-13)11-15-7-9-17(12-15)18(3,4)5/h6,8-10,12H,7,11H2,1-5H3. The molecule has 0 radical (unpaired) electrons. The summed E-state index contributed by atoms with van der Waals surface area (Å²) in [5.74, 6) is 0. The summed E-state index contributed by atoms with van der Waals surface area (Å²) in [7, 11) is -1.12. The smallest absolute Gasteiger partial charge is 0.0771 e. The number of benzene rings is 1. The first kappa shape index (κ1) is 13.4. The van der Waals surface area contributed by atoms with Crippen LogP contribution in [0.5, 0.6) is 0 Å². The molecule has 0 nitrogen and oxygen atoms in total. The van der Waals surface area contributed by atoms with Gasteiger partial charge in [-0.25, -0.2) is 0 Å². The van der Waals surface area contributed by atoms with Gasteiger partial charge in [0.15, 0.2) is 0 Å². The van der Waals surface area contributed by atoms with Crippen molar-refractivity contribution in [3.05, 3.63) is 57.8 Å². The number of allylic oxidation sites excluding steroid dienone is 4. The Bertz CT molecular complexity index is 513. The topological polar surface area (TPSA) is 0 Å². The predicted octanol–water partition coefficient (Wildman–Crippen LogP) is 4.98. The van der Waals surface area contributed by atoms with Gasteiger partial charge in [-0.05, 0) is 37.8 Å². The monoisotopic (exact) mass is 256 g/mol. The van der Waals surface area contributed by atoms with E-state index < -0.39 is 8.07 Å². The third kappa shape index (κ3) is 3.02. The van der Waals surface area contributed by atoms with Crippen LogP contribution in [-0.2, 0) is 6.42 Å². The first-order chi connectivity index (χ1) is 8.36. The molecule has 1 heteroatoms. The van der Waals surface area contributed by atoms with Crippen LogP contribution in [-0.4, -0.2) is 8.07 Å². The molecule has 1 aliphatic carbocycles. The summed E-state index contributed by atoms with van der Waals surface area (Å²) in [4.78, 5) is 0. The van der Waals surface area contributed by atoms with E-state index in [-0.39, 0.29) is 0 Å². The molecule has 0 aliphatic heterocycles. The lowest BCUT2D eigenvalue weighted by molar-refractivity contribution is 1.07. The number of hydrogen-bond donors (Lipinski definition) is 0. The molecular weight excluding hydrogens is 232 g/mol. The zero-order chi connectivity index (χ0) is 13.3. The van der Waals surface area contributed by atoms with Crippen molar-refractivity contribution in [2.24, 2.45) is 0 Å². The van der Waals surface area contributed by atoms with E-state index in [0.29, 0.717) is 0 Å². The Morgan fingerprint density at radius 2 is 1.83 bits per heavy atom. The van der Waals surface area contributed by atoms with E-state index in [2.05, 4.69) is 63.8 Å². The Labute approximate surface area is 112 Å². The molecule has 0 spiro atoms. The first-order valence-electron chi connectivity index (χ1n) is 6.82. The summed E-state index contributed by atoms with van der Waals surface area (Å²) in [6, 6.07) is 6.81. The number of hydrogen-bond acceptors (Lipinski definition) is 0. The van der Waals surface area contributed by atoms with Crippen molar-refractivity contribution in [2.45, 2.75) is 46.3 Å². The molecule has 2 rings (SSSR count). The molecule has 0 unspecified atom stereocenters. The molecule has 1 aromatic rings. The molecule has 18 heavy (non-hydrogen) atoms. The second kappa shape index (κ2) is 4.89. The van der Waals surface area contributed by atoms with E-state index in [1.807, 2.05) is 0 Å². The zero-order valence-corrected chi connectivity index (χ0v) is 13.3. The minimum absolute atomic E-state index is 1.12. The molecular formula is C17H24Si. The average Bonchev–Trinajstić information content (AvgIpc) is 2.70. The van der Waals surface area contributed by atoms with Crippen molar-refractivity contribution in [1.82, 2.24) is 0 Å². The first-order valence-corrected chi connectivity index (χ1v) is 10.3. The molecule has 96 valence electrons. The maximum atomic E-state index is 2.46. The highest BCUT2D eigenvalue weighted by Crippen LogP contribution is 2.28. The van der Waals surface area contributed by atoms with E-state index in [1.54, 1.807) is 10.8 Å². The van der Waals surface area contributed by atoms with Crippen LogP contribution in [0.3, 0.4) is 0 Å². The predicted molar refractivity (Wildman–Crippen MR) is 83.7 cm³/mol. The maximum absolute atomic E-state index is 2.46. The van der Waals surface area contributed by atoms with Gasteiger partial charge in [0.2, 0.25) is 0 Å². The second-order valence-corrected chi connectivity index (χ2v) is 11.6. The summed E-state index contributed by atoms with van der Waals surface area (Å²) < 4.78 is 0. The Morgan fingerprint density at radius 1 is 1.11 bits per heavy atom. The van der Waals surface area contributed by atoms with Crippen LogP contribution >= 0.6 is 0 Å². The quantitative estimate of drug-likeness (QED) is 0.669. The van der Waals surface area contributed by atoms with E-state index >= 15 is 0 Å². The van der Waals surface area contributed by atoms with Gasteiger partial charge in [-0.1, -0.05) is 66.3 Å². The molecule has 0 amide bonds. The van der Waals surface area contributed by atoms with Crippen molar-refractivity contribution in [3.8, 4) is 0 Å². The van der Waals surface area contributed by atoms with Crippen molar-refractivity contribution in [2.75, 3.05) is 0 Å². The summed E-state index contributed by atoms with van der Waals surface area (Å²) >= 11 is 0. The fourth-order valence-electron chi connectivity index (χ4n) is 2.51. The van der Waals surface area contributed by atoms with Gasteiger partial charge in [0.25, 0.3) is 0 Å². The van der Waals surface area contributed by atoms with Crippen LogP contribution in [0.25, 0.3) is 0 Å². The molecule has 0 N–H and O–H groups in total. The van der Waals surface area contributed by atoms with Gasteiger partial charge in [-0.3, -0.25) is 0 Å². The minimum atomic E-state index is -1.12. The zero-order valence-electron chi connectivity index (χ0n) is 12.3. The molecule has 0 fully saturated rings. The van der Waals surface area contributed by atoms with E-state index in [9.17, 15) is 0 Å². The molecule has 0 atom stereocenters.